The lowest BCUT2D eigenvalue weighted by Gasteiger charge is -2.26. The van der Waals surface area contributed by atoms with Crippen molar-refractivity contribution in [2.45, 2.75) is 71.4 Å². The first kappa shape index (κ1) is 19.5. The summed E-state index contributed by atoms with van der Waals surface area (Å²) in [4.78, 5) is 25.3. The van der Waals surface area contributed by atoms with Gasteiger partial charge in [-0.25, -0.2) is 0 Å². The van der Waals surface area contributed by atoms with Crippen LogP contribution in [0.4, 0.5) is 0 Å². The number of benzene rings is 1. The second kappa shape index (κ2) is 9.59. The summed E-state index contributed by atoms with van der Waals surface area (Å²) < 4.78 is 0. The zero-order valence-electron chi connectivity index (χ0n) is 15.8. The summed E-state index contributed by atoms with van der Waals surface area (Å²) in [5.41, 5.74) is 1.07. The molecule has 0 radical (unpaired) electrons. The van der Waals surface area contributed by atoms with Crippen LogP contribution in [0.5, 0.6) is 0 Å². The van der Waals surface area contributed by atoms with E-state index in [9.17, 15) is 9.59 Å². The Bertz CT molecular complexity index is 550. The summed E-state index contributed by atoms with van der Waals surface area (Å²) >= 11 is 0. The van der Waals surface area contributed by atoms with Crippen molar-refractivity contribution in [3.8, 4) is 0 Å². The van der Waals surface area contributed by atoms with Gasteiger partial charge in [0, 0.05) is 5.92 Å². The van der Waals surface area contributed by atoms with E-state index in [0.717, 1.165) is 31.2 Å². The smallest absolute Gasteiger partial charge is 0.243 e. The topological polar surface area (TPSA) is 58.2 Å². The van der Waals surface area contributed by atoms with Gasteiger partial charge in [-0.1, -0.05) is 63.4 Å². The Kier molecular flexibility index (Phi) is 7.48. The molecule has 1 saturated carbocycles. The van der Waals surface area contributed by atoms with E-state index in [0.29, 0.717) is 12.3 Å². The molecule has 0 saturated heterocycles. The maximum atomic E-state index is 12.8. The van der Waals surface area contributed by atoms with E-state index < -0.39 is 6.04 Å². The number of hydrogen-bond donors (Lipinski definition) is 2. The van der Waals surface area contributed by atoms with Gasteiger partial charge in [-0.3, -0.25) is 9.59 Å². The summed E-state index contributed by atoms with van der Waals surface area (Å²) in [5, 5.41) is 6.08. The van der Waals surface area contributed by atoms with Crippen LogP contribution in [0.15, 0.2) is 30.3 Å². The highest BCUT2D eigenvalue weighted by atomic mass is 16.2. The third kappa shape index (κ3) is 6.18. The Balaban J connectivity index is 1.97. The second-order valence-electron chi connectivity index (χ2n) is 7.67. The lowest BCUT2D eigenvalue weighted by molar-refractivity contribution is -0.132. The maximum absolute atomic E-state index is 12.8. The van der Waals surface area contributed by atoms with Crippen LogP contribution in [0, 0.1) is 11.8 Å². The Morgan fingerprint density at radius 3 is 2.24 bits per heavy atom. The van der Waals surface area contributed by atoms with E-state index in [1.165, 1.54) is 6.42 Å². The Hall–Kier alpha value is -1.84. The van der Waals surface area contributed by atoms with Crippen LogP contribution in [-0.4, -0.2) is 17.9 Å². The monoisotopic (exact) mass is 344 g/mol. The highest BCUT2D eigenvalue weighted by Crippen LogP contribution is 2.24. The molecule has 0 bridgehead atoms. The molecule has 1 aliphatic rings. The molecule has 0 unspecified atom stereocenters. The van der Waals surface area contributed by atoms with E-state index in [4.69, 9.17) is 0 Å². The van der Waals surface area contributed by atoms with Crippen molar-refractivity contribution in [3.05, 3.63) is 35.9 Å². The standard InChI is InChI=1S/C21H32N2O2/c1-15(2)14-19(23-20(24)18-12-8-5-9-13-18)21(25)22-16(3)17-10-6-4-7-11-17/h4,6-7,10-11,15-16,18-19H,5,8-9,12-14H2,1-3H3,(H,22,25)(H,23,24)/t16-,19-/m0/s1. The molecule has 1 aromatic rings. The predicted octanol–water partition coefficient (Wildman–Crippen LogP) is 3.98. The first-order chi connectivity index (χ1) is 12.0. The van der Waals surface area contributed by atoms with Crippen molar-refractivity contribution in [2.24, 2.45) is 11.8 Å². The highest BCUT2D eigenvalue weighted by molar-refractivity contribution is 5.88. The molecule has 25 heavy (non-hydrogen) atoms. The van der Waals surface area contributed by atoms with Crippen molar-refractivity contribution >= 4 is 11.8 Å². The fraction of sp³-hybridized carbons (Fsp3) is 0.619. The SMILES string of the molecule is CC(C)C[C@H](NC(=O)C1CCCCC1)C(=O)N[C@@H](C)c1ccccc1. The van der Waals surface area contributed by atoms with Crippen LogP contribution < -0.4 is 10.6 Å². The Morgan fingerprint density at radius 1 is 1.00 bits per heavy atom. The first-order valence-corrected chi connectivity index (χ1v) is 9.63. The molecule has 0 aliphatic heterocycles. The lowest BCUT2D eigenvalue weighted by atomic mass is 9.88. The van der Waals surface area contributed by atoms with Gasteiger partial charge >= 0.3 is 0 Å². The minimum Gasteiger partial charge on any atom is -0.348 e. The molecule has 138 valence electrons. The largest absolute Gasteiger partial charge is 0.348 e. The molecule has 4 heteroatoms. The van der Waals surface area contributed by atoms with Crippen molar-refractivity contribution in [2.75, 3.05) is 0 Å². The molecule has 0 aromatic heterocycles. The zero-order valence-corrected chi connectivity index (χ0v) is 15.8. The fourth-order valence-corrected chi connectivity index (χ4v) is 3.50. The molecule has 1 fully saturated rings. The van der Waals surface area contributed by atoms with E-state index in [1.54, 1.807) is 0 Å². The van der Waals surface area contributed by atoms with Crippen LogP contribution in [-0.2, 0) is 9.59 Å². The van der Waals surface area contributed by atoms with Crippen LogP contribution >= 0.6 is 0 Å². The summed E-state index contributed by atoms with van der Waals surface area (Å²) in [6, 6.07) is 9.37. The molecule has 0 spiro atoms. The average molecular weight is 344 g/mol. The summed E-state index contributed by atoms with van der Waals surface area (Å²) in [6.45, 7) is 6.13. The van der Waals surface area contributed by atoms with Gasteiger partial charge in [0.1, 0.15) is 6.04 Å². The average Bonchev–Trinajstić information content (AvgIpc) is 2.62. The van der Waals surface area contributed by atoms with Gasteiger partial charge < -0.3 is 10.6 Å². The minimum absolute atomic E-state index is 0.0489. The van der Waals surface area contributed by atoms with Gasteiger partial charge in [0.2, 0.25) is 11.8 Å². The van der Waals surface area contributed by atoms with Crippen LogP contribution in [0.1, 0.15) is 70.9 Å². The number of carbonyl (C=O) groups is 2. The van der Waals surface area contributed by atoms with E-state index in [2.05, 4.69) is 24.5 Å². The molecule has 4 nitrogen and oxygen atoms in total. The quantitative estimate of drug-likeness (QED) is 0.786. The minimum atomic E-state index is -0.458. The molecular formula is C21H32N2O2. The van der Waals surface area contributed by atoms with E-state index >= 15 is 0 Å². The van der Waals surface area contributed by atoms with Crippen LogP contribution in [0.25, 0.3) is 0 Å². The van der Waals surface area contributed by atoms with Gasteiger partial charge in [0.15, 0.2) is 0 Å². The normalized spacial score (nSPS) is 17.8. The number of rotatable bonds is 7. The third-order valence-corrected chi connectivity index (χ3v) is 4.97. The zero-order chi connectivity index (χ0) is 18.2. The number of hydrogen-bond acceptors (Lipinski definition) is 2. The van der Waals surface area contributed by atoms with Gasteiger partial charge in [0.05, 0.1) is 6.04 Å². The molecule has 2 N–H and O–H groups in total. The third-order valence-electron chi connectivity index (χ3n) is 4.97. The van der Waals surface area contributed by atoms with Crippen molar-refractivity contribution in [3.63, 3.8) is 0 Å². The van der Waals surface area contributed by atoms with Gasteiger partial charge in [-0.05, 0) is 37.7 Å². The fourth-order valence-electron chi connectivity index (χ4n) is 3.50. The molecule has 1 aromatic carbocycles. The number of carbonyl (C=O) groups excluding carboxylic acids is 2. The summed E-state index contributed by atoms with van der Waals surface area (Å²) in [6.07, 6.45) is 6.00. The van der Waals surface area contributed by atoms with Gasteiger partial charge in [-0.2, -0.15) is 0 Å². The maximum Gasteiger partial charge on any atom is 0.243 e. The second-order valence-corrected chi connectivity index (χ2v) is 7.67. The Labute approximate surface area is 151 Å². The Morgan fingerprint density at radius 2 is 1.64 bits per heavy atom. The van der Waals surface area contributed by atoms with Crippen molar-refractivity contribution in [1.82, 2.24) is 10.6 Å². The van der Waals surface area contributed by atoms with Crippen molar-refractivity contribution < 1.29 is 9.59 Å². The van der Waals surface area contributed by atoms with Gasteiger partial charge in [-0.15, -0.1) is 0 Å². The van der Waals surface area contributed by atoms with E-state index in [1.807, 2.05) is 37.3 Å². The molecular weight excluding hydrogens is 312 g/mol. The van der Waals surface area contributed by atoms with Gasteiger partial charge in [0.25, 0.3) is 0 Å². The number of amides is 2. The highest BCUT2D eigenvalue weighted by Gasteiger charge is 2.27. The predicted molar refractivity (Wildman–Crippen MR) is 101 cm³/mol. The summed E-state index contributed by atoms with van der Waals surface area (Å²) in [5.74, 6) is 0.374. The lowest BCUT2D eigenvalue weighted by Crippen LogP contribution is -2.49. The van der Waals surface area contributed by atoms with Crippen LogP contribution in [0.2, 0.25) is 0 Å². The van der Waals surface area contributed by atoms with E-state index in [-0.39, 0.29) is 23.8 Å². The first-order valence-electron chi connectivity index (χ1n) is 9.63. The molecule has 1 aliphatic carbocycles. The van der Waals surface area contributed by atoms with Crippen molar-refractivity contribution in [1.29, 1.82) is 0 Å². The molecule has 2 atom stereocenters. The molecule has 2 rings (SSSR count). The number of nitrogens with one attached hydrogen (secondary N) is 2. The van der Waals surface area contributed by atoms with Crippen LogP contribution in [0.3, 0.4) is 0 Å². The molecule has 2 amide bonds. The molecule has 0 heterocycles. The summed E-state index contributed by atoms with van der Waals surface area (Å²) in [7, 11) is 0.